The van der Waals surface area contributed by atoms with Gasteiger partial charge in [0.25, 0.3) is 5.82 Å². The van der Waals surface area contributed by atoms with Crippen LogP contribution in [0.2, 0.25) is 6.82 Å². The monoisotopic (exact) mass is 335 g/mol. The fraction of sp³-hybridized carbons (Fsp3) is 0.300. The van der Waals surface area contributed by atoms with Crippen LogP contribution >= 0.6 is 0 Å². The van der Waals surface area contributed by atoms with Crippen molar-refractivity contribution in [1.82, 2.24) is 4.98 Å². The minimum Gasteiger partial charge on any atom is -0.439 e. The van der Waals surface area contributed by atoms with E-state index >= 15 is 0 Å². The molecule has 3 aromatic heterocycles. The number of hydrogen-bond donors (Lipinski definition) is 0. The van der Waals surface area contributed by atoms with Crippen molar-refractivity contribution < 1.29 is 13.1 Å². The first-order chi connectivity index (χ1) is 13.1. The molecule has 3 aromatic rings. The third kappa shape index (κ3) is 2.46. The van der Waals surface area contributed by atoms with Crippen LogP contribution in [0.5, 0.6) is 0 Å². The normalized spacial score (nSPS) is 16.0. The highest BCUT2D eigenvalue weighted by Crippen LogP contribution is 2.19. The zero-order chi connectivity index (χ0) is 20.4. The van der Waals surface area contributed by atoms with Crippen LogP contribution in [0.4, 0.5) is 5.82 Å². The van der Waals surface area contributed by atoms with E-state index in [4.69, 9.17) is 8.53 Å². The Morgan fingerprint density at radius 3 is 2.76 bits per heavy atom. The number of anilines is 1. The molecule has 1 aliphatic rings. The van der Waals surface area contributed by atoms with Crippen LogP contribution in [0.3, 0.4) is 0 Å². The Morgan fingerprint density at radius 2 is 2.00 bits per heavy atom. The molecule has 0 aromatic carbocycles. The van der Waals surface area contributed by atoms with E-state index < -0.39 is 6.85 Å². The quantitative estimate of drug-likeness (QED) is 0.504. The van der Waals surface area contributed by atoms with Gasteiger partial charge < -0.3 is 4.42 Å². The molecule has 1 aliphatic heterocycles. The number of pyridine rings is 2. The molecule has 0 radical (unpaired) electrons. The molecule has 0 aliphatic carbocycles. The van der Waals surface area contributed by atoms with Gasteiger partial charge in [-0.2, -0.15) is 0 Å². The molecule has 0 fully saturated rings. The van der Waals surface area contributed by atoms with Crippen LogP contribution in [0.15, 0.2) is 22.7 Å². The lowest BCUT2D eigenvalue weighted by molar-refractivity contribution is -0.658. The summed E-state index contributed by atoms with van der Waals surface area (Å²) in [6.45, 7) is 5.89. The standard InChI is InChI=1S/C20H23BN3O/c1-12-8-18(23(6)10-14(12)3)24-11-16-17(9-21(24)5)25-20-19(16)13(2)7-15(4)22-20/h7-11H,1-6H3/q+1/i3D3. The predicted octanol–water partition coefficient (Wildman–Crippen LogP) is 2.09. The topological polar surface area (TPSA) is 33.2 Å². The van der Waals surface area contributed by atoms with Crippen molar-refractivity contribution in [3.05, 3.63) is 51.3 Å². The molecule has 4 rings (SSSR count). The van der Waals surface area contributed by atoms with Crippen molar-refractivity contribution in [2.24, 2.45) is 7.05 Å². The van der Waals surface area contributed by atoms with E-state index in [-0.39, 0.29) is 6.85 Å². The molecule has 0 saturated carbocycles. The predicted molar refractivity (Wildman–Crippen MR) is 103 cm³/mol. The summed E-state index contributed by atoms with van der Waals surface area (Å²) in [5, 5.41) is 2.03. The molecule has 126 valence electrons. The van der Waals surface area contributed by atoms with Crippen LogP contribution in [-0.4, -0.2) is 11.8 Å². The Balaban J connectivity index is 1.94. The van der Waals surface area contributed by atoms with Crippen LogP contribution in [0.25, 0.3) is 23.3 Å². The molecule has 0 atom stereocenters. The van der Waals surface area contributed by atoms with Gasteiger partial charge >= 0.3 is 6.85 Å². The smallest absolute Gasteiger partial charge is 0.405 e. The van der Waals surface area contributed by atoms with E-state index in [2.05, 4.69) is 41.8 Å². The highest BCUT2D eigenvalue weighted by atomic mass is 16.3. The number of rotatable bonds is 1. The van der Waals surface area contributed by atoms with E-state index in [1.54, 1.807) is 6.20 Å². The first-order valence-electron chi connectivity index (χ1n) is 9.96. The first-order valence-corrected chi connectivity index (χ1v) is 8.46. The Morgan fingerprint density at radius 1 is 1.20 bits per heavy atom. The zero-order valence-electron chi connectivity index (χ0n) is 18.2. The second-order valence-corrected chi connectivity index (χ2v) is 6.92. The molecule has 0 spiro atoms. The highest BCUT2D eigenvalue weighted by Gasteiger charge is 2.30. The van der Waals surface area contributed by atoms with Crippen molar-refractivity contribution in [2.45, 2.75) is 34.4 Å². The second kappa shape index (κ2) is 5.48. The first kappa shape index (κ1) is 12.8. The molecular formula is C20H23BN3O+. The average Bonchev–Trinajstić information content (AvgIpc) is 2.91. The Labute approximate surface area is 152 Å². The summed E-state index contributed by atoms with van der Waals surface area (Å²) in [4.78, 5) is 6.69. The molecule has 4 heterocycles. The van der Waals surface area contributed by atoms with E-state index in [1.807, 2.05) is 31.5 Å². The van der Waals surface area contributed by atoms with Gasteiger partial charge in [-0.1, -0.05) is 0 Å². The van der Waals surface area contributed by atoms with Gasteiger partial charge in [-0.15, -0.1) is 0 Å². The molecule has 0 amide bonds. The number of hydrogen-bond acceptors (Lipinski definition) is 3. The van der Waals surface area contributed by atoms with E-state index in [0.29, 0.717) is 11.3 Å². The zero-order valence-corrected chi connectivity index (χ0v) is 15.2. The summed E-state index contributed by atoms with van der Waals surface area (Å²) >= 11 is 0. The third-order valence-corrected chi connectivity index (χ3v) is 4.87. The van der Waals surface area contributed by atoms with E-state index in [9.17, 15) is 0 Å². The number of aromatic nitrogens is 2. The third-order valence-electron chi connectivity index (χ3n) is 4.87. The van der Waals surface area contributed by atoms with Crippen molar-refractivity contribution in [1.29, 1.82) is 0 Å². The molecule has 4 nitrogen and oxygen atoms in total. The number of nitrogens with zero attached hydrogens (tertiary/aromatic N) is 3. The Hall–Kier alpha value is -2.56. The fourth-order valence-electron chi connectivity index (χ4n) is 3.56. The lowest BCUT2D eigenvalue weighted by atomic mass is 9.62. The van der Waals surface area contributed by atoms with Crippen molar-refractivity contribution >= 4 is 35.9 Å². The molecule has 5 heteroatoms. The maximum absolute atomic E-state index is 7.74. The Bertz CT molecular complexity index is 1230. The number of fused-ring (bicyclic) bond motifs is 3. The van der Waals surface area contributed by atoms with Crippen LogP contribution in [-0.2, 0) is 7.05 Å². The lowest BCUT2D eigenvalue weighted by Gasteiger charge is -2.19. The summed E-state index contributed by atoms with van der Waals surface area (Å²) in [7, 11) is 1.88. The van der Waals surface area contributed by atoms with Crippen molar-refractivity contribution in [3.63, 3.8) is 0 Å². The van der Waals surface area contributed by atoms with Gasteiger partial charge in [0.2, 0.25) is 5.71 Å². The average molecular weight is 335 g/mol. The highest BCUT2D eigenvalue weighted by molar-refractivity contribution is 6.76. The fourth-order valence-corrected chi connectivity index (χ4v) is 3.56. The summed E-state index contributed by atoms with van der Waals surface area (Å²) in [6, 6.07) is 3.99. The van der Waals surface area contributed by atoms with Crippen molar-refractivity contribution in [3.8, 4) is 0 Å². The summed E-state index contributed by atoms with van der Waals surface area (Å²) in [6.07, 6.45) is 3.79. The van der Waals surface area contributed by atoms with Gasteiger partial charge in [0.15, 0.2) is 0 Å². The molecule has 25 heavy (non-hydrogen) atoms. The summed E-state index contributed by atoms with van der Waals surface area (Å²) in [5.74, 6) is 3.01. The molecule has 0 unspecified atom stereocenters. The van der Waals surface area contributed by atoms with Crippen molar-refractivity contribution in [2.75, 3.05) is 4.81 Å². The van der Waals surface area contributed by atoms with Crippen LogP contribution in [0.1, 0.15) is 26.5 Å². The SMILES string of the molecule is [2H]C([2H])([2H])c1c[n+](C)c(N2C=c3c(oc4nc(C)cc(C)c34)=CB2C)cc1C. The molecule has 0 saturated heterocycles. The number of aryl methyl sites for hydroxylation is 5. The molecule has 0 N–H and O–H groups in total. The van der Waals surface area contributed by atoms with Gasteiger partial charge in [0.05, 0.1) is 30.0 Å². The lowest BCUT2D eigenvalue weighted by Crippen LogP contribution is -2.47. The van der Waals surface area contributed by atoms with Gasteiger partial charge in [-0.3, -0.25) is 4.81 Å². The summed E-state index contributed by atoms with van der Waals surface area (Å²) < 4.78 is 31.1. The van der Waals surface area contributed by atoms with E-state index in [1.165, 1.54) is 0 Å². The maximum Gasteiger partial charge on any atom is 0.405 e. The van der Waals surface area contributed by atoms with Gasteiger partial charge in [0, 0.05) is 15.9 Å². The number of furan rings is 1. The minimum atomic E-state index is -2.13. The second-order valence-electron chi connectivity index (χ2n) is 6.92. The largest absolute Gasteiger partial charge is 0.439 e. The van der Waals surface area contributed by atoms with E-state index in [0.717, 1.165) is 38.7 Å². The summed E-state index contributed by atoms with van der Waals surface area (Å²) in [5.41, 5.74) is 4.68. The minimum absolute atomic E-state index is 0.0543. The van der Waals surface area contributed by atoms with Crippen LogP contribution < -0.4 is 20.0 Å². The van der Waals surface area contributed by atoms with Gasteiger partial charge in [-0.05, 0) is 63.2 Å². The van der Waals surface area contributed by atoms with Crippen LogP contribution in [0, 0.1) is 27.6 Å². The van der Waals surface area contributed by atoms with Gasteiger partial charge in [-0.25, -0.2) is 9.55 Å². The molecular weight excluding hydrogens is 309 g/mol. The Kier molecular flexibility index (Phi) is 2.80. The molecule has 0 bridgehead atoms. The maximum atomic E-state index is 7.74. The van der Waals surface area contributed by atoms with Gasteiger partial charge in [0.1, 0.15) is 5.42 Å².